The molecule has 0 atom stereocenters. The molecule has 0 fully saturated rings. The van der Waals surface area contributed by atoms with Gasteiger partial charge in [-0.15, -0.1) is 0 Å². The number of hydrogen-bond donors (Lipinski definition) is 2. The average molecular weight is 227 g/mol. The van der Waals surface area contributed by atoms with Gasteiger partial charge < -0.3 is 14.6 Å². The minimum atomic E-state index is -1.03. The summed E-state index contributed by atoms with van der Waals surface area (Å²) in [4.78, 5) is 10.5. The second-order valence-electron chi connectivity index (χ2n) is 3.10. The summed E-state index contributed by atoms with van der Waals surface area (Å²) >= 11 is 5.85. The maximum absolute atomic E-state index is 10.5. The zero-order valence-corrected chi connectivity index (χ0v) is 8.28. The predicted octanol–water partition coefficient (Wildman–Crippen LogP) is 2.42. The summed E-state index contributed by atoms with van der Waals surface area (Å²) < 4.78 is 5.09. The molecule has 0 unspecified atom stereocenters. The van der Waals surface area contributed by atoms with Crippen molar-refractivity contribution in [2.45, 2.75) is 6.42 Å². The lowest BCUT2D eigenvalue weighted by atomic mass is 10.1. The first-order valence-electron chi connectivity index (χ1n) is 4.19. The van der Waals surface area contributed by atoms with Crippen molar-refractivity contribution in [3.05, 3.63) is 29.0 Å². The van der Waals surface area contributed by atoms with Crippen molar-refractivity contribution in [1.82, 2.24) is 0 Å². The van der Waals surface area contributed by atoms with Crippen molar-refractivity contribution in [2.75, 3.05) is 0 Å². The Kier molecular flexibility index (Phi) is 2.28. The molecule has 1 heterocycles. The van der Waals surface area contributed by atoms with E-state index in [9.17, 15) is 9.90 Å². The van der Waals surface area contributed by atoms with E-state index in [2.05, 4.69) is 0 Å². The molecule has 5 heteroatoms. The van der Waals surface area contributed by atoms with Crippen LogP contribution in [0, 0.1) is 0 Å². The summed E-state index contributed by atoms with van der Waals surface area (Å²) in [5, 5.41) is 18.9. The highest BCUT2D eigenvalue weighted by atomic mass is 35.5. The lowest BCUT2D eigenvalue weighted by Gasteiger charge is -2.04. The lowest BCUT2D eigenvalue weighted by Crippen LogP contribution is -2.00. The number of fused-ring (bicyclic) bond motifs is 1. The highest BCUT2D eigenvalue weighted by Gasteiger charge is 2.14. The molecule has 0 radical (unpaired) electrons. The van der Waals surface area contributed by atoms with Crippen LogP contribution in [0.4, 0.5) is 0 Å². The van der Waals surface area contributed by atoms with Crippen LogP contribution in [0.2, 0.25) is 5.02 Å². The number of rotatable bonds is 2. The van der Waals surface area contributed by atoms with Gasteiger partial charge in [0.1, 0.15) is 11.3 Å². The molecule has 15 heavy (non-hydrogen) atoms. The van der Waals surface area contributed by atoms with Crippen molar-refractivity contribution < 1.29 is 19.4 Å². The summed E-state index contributed by atoms with van der Waals surface area (Å²) in [6, 6.07) is 3.09. The fraction of sp³-hybridized carbons (Fsp3) is 0.100. The van der Waals surface area contributed by atoms with Crippen LogP contribution < -0.4 is 0 Å². The summed E-state index contributed by atoms with van der Waals surface area (Å²) in [5.74, 6) is -1.24. The third-order valence-electron chi connectivity index (χ3n) is 2.09. The second kappa shape index (κ2) is 3.47. The van der Waals surface area contributed by atoms with E-state index in [4.69, 9.17) is 21.1 Å². The van der Waals surface area contributed by atoms with E-state index in [-0.39, 0.29) is 22.8 Å². The minimum absolute atomic E-state index is 0.123. The maximum atomic E-state index is 10.5. The molecule has 0 aliphatic heterocycles. The third-order valence-corrected chi connectivity index (χ3v) is 2.47. The van der Waals surface area contributed by atoms with Gasteiger partial charge in [-0.1, -0.05) is 11.6 Å². The summed E-state index contributed by atoms with van der Waals surface area (Å²) in [6.07, 6.45) is 1.14. The van der Waals surface area contributed by atoms with E-state index in [1.807, 2.05) is 0 Å². The van der Waals surface area contributed by atoms with Gasteiger partial charge in [0.25, 0.3) is 0 Å². The van der Waals surface area contributed by atoms with Crippen LogP contribution in [0.1, 0.15) is 5.56 Å². The Morgan fingerprint density at radius 2 is 2.27 bits per heavy atom. The number of aliphatic carboxylic acids is 1. The normalized spacial score (nSPS) is 10.7. The Morgan fingerprint density at radius 1 is 1.53 bits per heavy atom. The minimum Gasteiger partial charge on any atom is -0.506 e. The number of hydrogen-bond acceptors (Lipinski definition) is 3. The average Bonchev–Trinajstić information content (AvgIpc) is 2.61. The van der Waals surface area contributed by atoms with E-state index in [1.165, 1.54) is 12.3 Å². The molecule has 0 aliphatic rings. The van der Waals surface area contributed by atoms with Crippen LogP contribution in [-0.2, 0) is 11.2 Å². The second-order valence-corrected chi connectivity index (χ2v) is 3.48. The van der Waals surface area contributed by atoms with Gasteiger partial charge in [-0.05, 0) is 12.1 Å². The van der Waals surface area contributed by atoms with Gasteiger partial charge >= 0.3 is 5.97 Å². The highest BCUT2D eigenvalue weighted by Crippen LogP contribution is 2.36. The van der Waals surface area contributed by atoms with Crippen molar-refractivity contribution in [3.8, 4) is 5.75 Å². The monoisotopic (exact) mass is 226 g/mol. The van der Waals surface area contributed by atoms with Crippen LogP contribution >= 0.6 is 11.6 Å². The molecule has 0 saturated heterocycles. The van der Waals surface area contributed by atoms with Gasteiger partial charge in [0.15, 0.2) is 0 Å². The van der Waals surface area contributed by atoms with Crippen LogP contribution in [0.25, 0.3) is 11.0 Å². The Balaban J connectivity index is 2.64. The van der Waals surface area contributed by atoms with Crippen LogP contribution in [0.3, 0.4) is 0 Å². The Bertz CT molecular complexity index is 529. The topological polar surface area (TPSA) is 70.7 Å². The van der Waals surface area contributed by atoms with Crippen molar-refractivity contribution >= 4 is 28.5 Å². The molecule has 2 rings (SSSR count). The van der Waals surface area contributed by atoms with E-state index >= 15 is 0 Å². The number of carboxylic acid groups (broad SMARTS) is 1. The van der Waals surface area contributed by atoms with Crippen LogP contribution in [0.5, 0.6) is 5.75 Å². The number of halogens is 1. The summed E-state index contributed by atoms with van der Waals surface area (Å²) in [5.41, 5.74) is 0.712. The Morgan fingerprint density at radius 3 is 2.93 bits per heavy atom. The molecule has 78 valence electrons. The molecular weight excluding hydrogens is 220 g/mol. The molecule has 1 aromatic heterocycles. The third kappa shape index (κ3) is 1.64. The van der Waals surface area contributed by atoms with E-state index in [1.54, 1.807) is 6.07 Å². The van der Waals surface area contributed by atoms with Crippen LogP contribution in [-0.4, -0.2) is 16.2 Å². The van der Waals surface area contributed by atoms with Crippen molar-refractivity contribution in [3.63, 3.8) is 0 Å². The first kappa shape index (κ1) is 9.86. The van der Waals surface area contributed by atoms with Gasteiger partial charge in [-0.2, -0.15) is 0 Å². The predicted molar refractivity (Wildman–Crippen MR) is 54.2 cm³/mol. The zero-order valence-electron chi connectivity index (χ0n) is 7.53. The first-order chi connectivity index (χ1) is 7.09. The summed E-state index contributed by atoms with van der Waals surface area (Å²) in [7, 11) is 0. The molecule has 0 amide bonds. The summed E-state index contributed by atoms with van der Waals surface area (Å²) in [6.45, 7) is 0. The quantitative estimate of drug-likeness (QED) is 0.825. The number of benzene rings is 1. The van der Waals surface area contributed by atoms with Gasteiger partial charge in [-0.3, -0.25) is 4.79 Å². The maximum Gasteiger partial charge on any atom is 0.307 e. The van der Waals surface area contributed by atoms with Crippen LogP contribution in [0.15, 0.2) is 22.8 Å². The number of phenols is 1. The first-order valence-corrected chi connectivity index (χ1v) is 4.56. The number of phenolic OH excluding ortho intramolecular Hbond substituents is 1. The number of furan rings is 1. The van der Waals surface area contributed by atoms with Crippen molar-refractivity contribution in [2.24, 2.45) is 0 Å². The number of aromatic hydroxyl groups is 1. The number of carbonyl (C=O) groups is 1. The standard InChI is InChI=1S/C10H7ClO4/c11-9-6-1-2-15-7(6)3-5(10(9)14)4-8(12)13/h1-3,14H,4H2,(H,12,13). The molecule has 0 saturated carbocycles. The fourth-order valence-electron chi connectivity index (χ4n) is 1.41. The zero-order chi connectivity index (χ0) is 11.0. The van der Waals surface area contributed by atoms with Gasteiger partial charge in [0.05, 0.1) is 17.7 Å². The largest absolute Gasteiger partial charge is 0.506 e. The number of carboxylic acids is 1. The van der Waals surface area contributed by atoms with E-state index in [0.29, 0.717) is 11.0 Å². The van der Waals surface area contributed by atoms with Gasteiger partial charge in [0.2, 0.25) is 0 Å². The fourth-order valence-corrected chi connectivity index (χ4v) is 1.68. The van der Waals surface area contributed by atoms with E-state index in [0.717, 1.165) is 0 Å². The molecule has 0 bridgehead atoms. The van der Waals surface area contributed by atoms with Gasteiger partial charge in [-0.25, -0.2) is 0 Å². The smallest absolute Gasteiger partial charge is 0.307 e. The molecular formula is C10H7ClO4. The molecule has 1 aromatic carbocycles. The Labute approximate surface area is 89.7 Å². The van der Waals surface area contributed by atoms with E-state index < -0.39 is 5.97 Å². The molecule has 0 aliphatic carbocycles. The van der Waals surface area contributed by atoms with Gasteiger partial charge in [0, 0.05) is 10.9 Å². The Hall–Kier alpha value is -1.68. The SMILES string of the molecule is O=C(O)Cc1cc2occc2c(Cl)c1O. The molecule has 4 nitrogen and oxygen atoms in total. The molecule has 2 aromatic rings. The van der Waals surface area contributed by atoms with Crippen molar-refractivity contribution in [1.29, 1.82) is 0 Å². The molecule has 0 spiro atoms. The highest BCUT2D eigenvalue weighted by molar-refractivity contribution is 6.37. The molecule has 2 N–H and O–H groups in total. The lowest BCUT2D eigenvalue weighted by molar-refractivity contribution is -0.136.